The molecule has 0 fully saturated rings. The molecule has 0 spiro atoms. The average molecular weight is 338 g/mol. The molecule has 120 valence electrons. The first-order valence-corrected chi connectivity index (χ1v) is 7.84. The number of halogens is 1. The van der Waals surface area contributed by atoms with Crippen LogP contribution >= 0.6 is 11.6 Å². The quantitative estimate of drug-likeness (QED) is 0.747. The van der Waals surface area contributed by atoms with E-state index in [1.807, 2.05) is 43.3 Å². The van der Waals surface area contributed by atoms with Crippen molar-refractivity contribution in [2.45, 2.75) is 13.5 Å². The molecular formula is C19H16ClN3O. The number of nitrogens with two attached hydrogens (primary N) is 1. The van der Waals surface area contributed by atoms with Crippen molar-refractivity contribution in [2.24, 2.45) is 0 Å². The molecule has 0 amide bonds. The highest BCUT2D eigenvalue weighted by Crippen LogP contribution is 2.35. The number of rotatable bonds is 4. The first-order valence-electron chi connectivity index (χ1n) is 7.46. The van der Waals surface area contributed by atoms with Gasteiger partial charge >= 0.3 is 0 Å². The molecule has 0 atom stereocenters. The Morgan fingerprint density at radius 3 is 2.58 bits per heavy atom. The minimum atomic E-state index is 0.403. The maximum absolute atomic E-state index is 9.42. The van der Waals surface area contributed by atoms with Crippen LogP contribution in [0.1, 0.15) is 16.8 Å². The van der Waals surface area contributed by atoms with E-state index in [-0.39, 0.29) is 0 Å². The van der Waals surface area contributed by atoms with Crippen LogP contribution < -0.4 is 10.5 Å². The summed E-state index contributed by atoms with van der Waals surface area (Å²) in [6.07, 6.45) is 0. The predicted molar refractivity (Wildman–Crippen MR) is 95.4 cm³/mol. The molecule has 0 radical (unpaired) electrons. The van der Waals surface area contributed by atoms with E-state index >= 15 is 0 Å². The van der Waals surface area contributed by atoms with Crippen LogP contribution in [0.25, 0.3) is 0 Å². The maximum atomic E-state index is 9.42. The number of hydrogen-bond acceptors (Lipinski definition) is 3. The van der Waals surface area contributed by atoms with Gasteiger partial charge in [-0.25, -0.2) is 0 Å². The number of nitrogens with zero attached hydrogens (tertiary/aromatic N) is 2. The molecule has 3 rings (SSSR count). The Kier molecular flexibility index (Phi) is 4.45. The van der Waals surface area contributed by atoms with Crippen LogP contribution in [0.3, 0.4) is 0 Å². The molecule has 1 heterocycles. The molecule has 2 aromatic carbocycles. The standard InChI is InChI=1S/C19H16ClN3O/c1-13-6-2-3-7-14(13)12-23-15(11-21)10-17(22)19(23)24-18-9-5-4-8-16(18)20/h2-10H,12,22H2,1H3. The van der Waals surface area contributed by atoms with Crippen molar-refractivity contribution in [1.82, 2.24) is 4.57 Å². The highest BCUT2D eigenvalue weighted by Gasteiger charge is 2.17. The molecule has 3 aromatic rings. The lowest BCUT2D eigenvalue weighted by Gasteiger charge is -2.14. The van der Waals surface area contributed by atoms with Crippen molar-refractivity contribution in [1.29, 1.82) is 5.26 Å². The van der Waals surface area contributed by atoms with Gasteiger partial charge in [0.2, 0.25) is 5.88 Å². The fraction of sp³-hybridized carbons (Fsp3) is 0.105. The number of hydrogen-bond donors (Lipinski definition) is 1. The largest absolute Gasteiger partial charge is 0.437 e. The van der Waals surface area contributed by atoms with Gasteiger partial charge in [0.15, 0.2) is 0 Å². The van der Waals surface area contributed by atoms with Gasteiger partial charge in [0.05, 0.1) is 17.3 Å². The first kappa shape index (κ1) is 16.0. The summed E-state index contributed by atoms with van der Waals surface area (Å²) in [5.41, 5.74) is 9.14. The van der Waals surface area contributed by atoms with Gasteiger partial charge in [0.25, 0.3) is 0 Å². The summed E-state index contributed by atoms with van der Waals surface area (Å²) in [7, 11) is 0. The fourth-order valence-corrected chi connectivity index (χ4v) is 2.68. The Hall–Kier alpha value is -2.90. The van der Waals surface area contributed by atoms with Crippen molar-refractivity contribution in [3.63, 3.8) is 0 Å². The second-order valence-corrected chi connectivity index (χ2v) is 5.85. The predicted octanol–water partition coefficient (Wildman–Crippen LogP) is 4.74. The molecule has 2 N–H and O–H groups in total. The first-order chi connectivity index (χ1) is 11.6. The van der Waals surface area contributed by atoms with E-state index in [0.29, 0.717) is 34.6 Å². The number of anilines is 1. The molecule has 0 saturated heterocycles. The van der Waals surface area contributed by atoms with Gasteiger partial charge < -0.3 is 10.5 Å². The van der Waals surface area contributed by atoms with Crippen LogP contribution in [0.5, 0.6) is 11.6 Å². The van der Waals surface area contributed by atoms with Crippen molar-refractivity contribution < 1.29 is 4.74 Å². The minimum Gasteiger partial charge on any atom is -0.437 e. The second kappa shape index (κ2) is 6.69. The highest BCUT2D eigenvalue weighted by molar-refractivity contribution is 6.32. The molecule has 4 nitrogen and oxygen atoms in total. The van der Waals surface area contributed by atoms with Crippen LogP contribution in [0, 0.1) is 18.3 Å². The molecule has 0 saturated carbocycles. The van der Waals surface area contributed by atoms with Crippen LogP contribution in [0.15, 0.2) is 54.6 Å². The monoisotopic (exact) mass is 337 g/mol. The molecule has 0 aliphatic carbocycles. The third-order valence-electron chi connectivity index (χ3n) is 3.82. The lowest BCUT2D eigenvalue weighted by Crippen LogP contribution is -2.06. The fourth-order valence-electron chi connectivity index (χ4n) is 2.51. The van der Waals surface area contributed by atoms with Crippen molar-refractivity contribution in [3.8, 4) is 17.7 Å². The topological polar surface area (TPSA) is 64.0 Å². The smallest absolute Gasteiger partial charge is 0.224 e. The van der Waals surface area contributed by atoms with E-state index in [1.54, 1.807) is 22.8 Å². The Morgan fingerprint density at radius 2 is 1.88 bits per heavy atom. The van der Waals surface area contributed by atoms with Crippen LogP contribution in [0.4, 0.5) is 5.69 Å². The van der Waals surface area contributed by atoms with Gasteiger partial charge in [-0.1, -0.05) is 48.0 Å². The number of para-hydroxylation sites is 1. The third kappa shape index (κ3) is 3.08. The van der Waals surface area contributed by atoms with Gasteiger partial charge in [0, 0.05) is 6.07 Å². The molecule has 0 aliphatic heterocycles. The van der Waals surface area contributed by atoms with Gasteiger partial charge in [-0.15, -0.1) is 0 Å². The van der Waals surface area contributed by atoms with Gasteiger partial charge in [-0.2, -0.15) is 5.26 Å². The average Bonchev–Trinajstić information content (AvgIpc) is 2.87. The lowest BCUT2D eigenvalue weighted by atomic mass is 10.1. The summed E-state index contributed by atoms with van der Waals surface area (Å²) in [5.74, 6) is 0.919. The maximum Gasteiger partial charge on any atom is 0.224 e. The number of benzene rings is 2. The molecule has 1 aromatic heterocycles. The van der Waals surface area contributed by atoms with Crippen molar-refractivity contribution >= 4 is 17.3 Å². The minimum absolute atomic E-state index is 0.403. The van der Waals surface area contributed by atoms with E-state index in [9.17, 15) is 5.26 Å². The number of nitrogen functional groups attached to an aromatic ring is 1. The normalized spacial score (nSPS) is 10.4. The molecule has 0 unspecified atom stereocenters. The molecule has 5 heteroatoms. The summed E-state index contributed by atoms with van der Waals surface area (Å²) in [6, 6.07) is 18.9. The van der Waals surface area contributed by atoms with Gasteiger partial charge in [-0.3, -0.25) is 4.57 Å². The van der Waals surface area contributed by atoms with Crippen LogP contribution in [0.2, 0.25) is 5.02 Å². The number of aromatic nitrogens is 1. The van der Waals surface area contributed by atoms with Crippen molar-refractivity contribution in [3.05, 3.63) is 76.4 Å². The summed E-state index contributed by atoms with van der Waals surface area (Å²) in [5, 5.41) is 9.90. The zero-order valence-corrected chi connectivity index (χ0v) is 13.9. The van der Waals surface area contributed by atoms with E-state index in [0.717, 1.165) is 11.1 Å². The Bertz CT molecular complexity index is 925. The summed E-state index contributed by atoms with van der Waals surface area (Å²) >= 11 is 6.16. The summed E-state index contributed by atoms with van der Waals surface area (Å²) < 4.78 is 7.69. The number of aryl methyl sites for hydroxylation is 1. The number of nitriles is 1. The summed E-state index contributed by atoms with van der Waals surface area (Å²) in [4.78, 5) is 0. The summed E-state index contributed by atoms with van der Waals surface area (Å²) in [6.45, 7) is 2.52. The van der Waals surface area contributed by atoms with Crippen LogP contribution in [-0.4, -0.2) is 4.57 Å². The molecule has 0 bridgehead atoms. The van der Waals surface area contributed by atoms with E-state index in [1.165, 1.54) is 0 Å². The van der Waals surface area contributed by atoms with Gasteiger partial charge in [0.1, 0.15) is 17.5 Å². The van der Waals surface area contributed by atoms with E-state index in [4.69, 9.17) is 22.1 Å². The van der Waals surface area contributed by atoms with Crippen molar-refractivity contribution in [2.75, 3.05) is 5.73 Å². The molecule has 24 heavy (non-hydrogen) atoms. The zero-order chi connectivity index (χ0) is 17.1. The molecule has 0 aliphatic rings. The van der Waals surface area contributed by atoms with E-state index in [2.05, 4.69) is 6.07 Å². The second-order valence-electron chi connectivity index (χ2n) is 5.45. The number of ether oxygens (including phenoxy) is 1. The van der Waals surface area contributed by atoms with Crippen LogP contribution in [-0.2, 0) is 6.54 Å². The lowest BCUT2D eigenvalue weighted by molar-refractivity contribution is 0.437. The Balaban J connectivity index is 2.04. The SMILES string of the molecule is Cc1ccccc1Cn1c(C#N)cc(N)c1Oc1ccccc1Cl. The highest BCUT2D eigenvalue weighted by atomic mass is 35.5. The zero-order valence-electron chi connectivity index (χ0n) is 13.2. The van der Waals surface area contributed by atoms with Gasteiger partial charge in [-0.05, 0) is 30.2 Å². The van der Waals surface area contributed by atoms with E-state index < -0.39 is 0 Å². The third-order valence-corrected chi connectivity index (χ3v) is 4.13. The molecular weight excluding hydrogens is 322 g/mol. The Morgan fingerprint density at radius 1 is 1.17 bits per heavy atom. The Labute approximate surface area is 145 Å².